The van der Waals surface area contributed by atoms with E-state index in [4.69, 9.17) is 11.6 Å². The third-order valence-corrected chi connectivity index (χ3v) is 4.61. The SMILES string of the molecule is CCCCn1ncc(NC2CC(C)CC(C)C2)c(Cl)c1=O. The number of aryl methyl sites for hydroxylation is 1. The fourth-order valence-electron chi connectivity index (χ4n) is 3.32. The van der Waals surface area contributed by atoms with Crippen LogP contribution < -0.4 is 10.9 Å². The summed E-state index contributed by atoms with van der Waals surface area (Å²) in [4.78, 5) is 12.2. The molecule has 118 valence electrons. The summed E-state index contributed by atoms with van der Waals surface area (Å²) in [6.45, 7) is 7.29. The molecule has 1 aromatic heterocycles. The van der Waals surface area contributed by atoms with Crippen LogP contribution in [0, 0.1) is 11.8 Å². The fourth-order valence-corrected chi connectivity index (χ4v) is 3.52. The van der Waals surface area contributed by atoms with E-state index in [2.05, 4.69) is 31.2 Å². The molecule has 1 aromatic rings. The van der Waals surface area contributed by atoms with E-state index in [9.17, 15) is 4.79 Å². The molecule has 0 radical (unpaired) electrons. The number of hydrogen-bond donors (Lipinski definition) is 1. The van der Waals surface area contributed by atoms with Crippen LogP contribution in [0.5, 0.6) is 0 Å². The number of unbranched alkanes of at least 4 members (excludes halogenated alkanes) is 1. The van der Waals surface area contributed by atoms with Crippen molar-refractivity contribution in [3.63, 3.8) is 0 Å². The molecular weight excluding hydrogens is 286 g/mol. The van der Waals surface area contributed by atoms with Crippen LogP contribution in [0.2, 0.25) is 5.02 Å². The predicted octanol–water partition coefficient (Wildman–Crippen LogP) is 3.93. The van der Waals surface area contributed by atoms with Gasteiger partial charge in [0.1, 0.15) is 5.02 Å². The number of nitrogens with one attached hydrogen (secondary N) is 1. The van der Waals surface area contributed by atoms with Crippen molar-refractivity contribution in [1.29, 1.82) is 0 Å². The van der Waals surface area contributed by atoms with E-state index in [0.717, 1.165) is 25.7 Å². The van der Waals surface area contributed by atoms with Crippen LogP contribution in [0.4, 0.5) is 5.69 Å². The van der Waals surface area contributed by atoms with Gasteiger partial charge in [-0.1, -0.05) is 38.8 Å². The maximum absolute atomic E-state index is 12.2. The molecule has 1 N–H and O–H groups in total. The average molecular weight is 312 g/mol. The number of nitrogens with zero attached hydrogens (tertiary/aromatic N) is 2. The lowest BCUT2D eigenvalue weighted by Crippen LogP contribution is -2.32. The van der Waals surface area contributed by atoms with Gasteiger partial charge in [0.2, 0.25) is 0 Å². The number of aromatic nitrogens is 2. The molecule has 2 rings (SSSR count). The molecular formula is C16H26ClN3O. The van der Waals surface area contributed by atoms with Gasteiger partial charge in [-0.15, -0.1) is 0 Å². The van der Waals surface area contributed by atoms with Crippen LogP contribution in [0.3, 0.4) is 0 Å². The van der Waals surface area contributed by atoms with Crippen molar-refractivity contribution >= 4 is 17.3 Å². The van der Waals surface area contributed by atoms with E-state index in [0.29, 0.717) is 30.1 Å². The van der Waals surface area contributed by atoms with Gasteiger partial charge in [-0.05, 0) is 37.5 Å². The van der Waals surface area contributed by atoms with Crippen LogP contribution in [-0.2, 0) is 6.54 Å². The lowest BCUT2D eigenvalue weighted by molar-refractivity contribution is 0.280. The second-order valence-electron chi connectivity index (χ2n) is 6.51. The van der Waals surface area contributed by atoms with Crippen molar-refractivity contribution in [2.45, 2.75) is 65.5 Å². The van der Waals surface area contributed by atoms with Crippen molar-refractivity contribution in [3.05, 3.63) is 21.6 Å². The highest BCUT2D eigenvalue weighted by atomic mass is 35.5. The van der Waals surface area contributed by atoms with Crippen LogP contribution in [0.25, 0.3) is 0 Å². The first kappa shape index (κ1) is 16.3. The molecule has 1 saturated carbocycles. The molecule has 1 fully saturated rings. The van der Waals surface area contributed by atoms with Gasteiger partial charge in [0.05, 0.1) is 11.9 Å². The molecule has 0 aliphatic heterocycles. The summed E-state index contributed by atoms with van der Waals surface area (Å²) in [6, 6.07) is 0.383. The number of hydrogen-bond acceptors (Lipinski definition) is 3. The van der Waals surface area contributed by atoms with Gasteiger partial charge in [-0.3, -0.25) is 4.79 Å². The number of anilines is 1. The van der Waals surface area contributed by atoms with Crippen molar-refractivity contribution in [1.82, 2.24) is 9.78 Å². The summed E-state index contributed by atoms with van der Waals surface area (Å²) >= 11 is 6.23. The summed E-state index contributed by atoms with van der Waals surface area (Å²) in [5.41, 5.74) is 0.493. The number of rotatable bonds is 5. The fraction of sp³-hybridized carbons (Fsp3) is 0.750. The molecule has 1 aliphatic rings. The van der Waals surface area contributed by atoms with E-state index < -0.39 is 0 Å². The zero-order valence-electron chi connectivity index (χ0n) is 13.2. The molecule has 21 heavy (non-hydrogen) atoms. The van der Waals surface area contributed by atoms with Gasteiger partial charge in [-0.25, -0.2) is 4.68 Å². The third kappa shape index (κ3) is 4.22. The zero-order chi connectivity index (χ0) is 15.4. The highest BCUT2D eigenvalue weighted by Crippen LogP contribution is 2.31. The summed E-state index contributed by atoms with van der Waals surface area (Å²) in [5.74, 6) is 1.42. The van der Waals surface area contributed by atoms with Crippen molar-refractivity contribution in [2.75, 3.05) is 5.32 Å². The van der Waals surface area contributed by atoms with E-state index in [1.807, 2.05) is 0 Å². The molecule has 2 unspecified atom stereocenters. The Morgan fingerprint density at radius 3 is 2.62 bits per heavy atom. The average Bonchev–Trinajstić information content (AvgIpc) is 2.42. The number of halogens is 1. The molecule has 5 heteroatoms. The Bertz CT molecular complexity index is 519. The Morgan fingerprint density at radius 1 is 1.33 bits per heavy atom. The van der Waals surface area contributed by atoms with Gasteiger partial charge in [-0.2, -0.15) is 5.10 Å². The lowest BCUT2D eigenvalue weighted by atomic mass is 9.80. The molecule has 0 aromatic carbocycles. The normalized spacial score (nSPS) is 25.8. The lowest BCUT2D eigenvalue weighted by Gasteiger charge is -2.32. The molecule has 0 amide bonds. The Morgan fingerprint density at radius 2 is 2.00 bits per heavy atom. The largest absolute Gasteiger partial charge is 0.380 e. The molecule has 1 heterocycles. The van der Waals surface area contributed by atoms with Crippen molar-refractivity contribution < 1.29 is 0 Å². The Labute approximate surface area is 131 Å². The Balaban J connectivity index is 2.10. The van der Waals surface area contributed by atoms with Crippen LogP contribution in [0.15, 0.2) is 11.0 Å². The van der Waals surface area contributed by atoms with E-state index in [1.165, 1.54) is 11.1 Å². The van der Waals surface area contributed by atoms with Crippen LogP contribution in [-0.4, -0.2) is 15.8 Å². The zero-order valence-corrected chi connectivity index (χ0v) is 14.0. The minimum atomic E-state index is -0.188. The topological polar surface area (TPSA) is 46.9 Å². The second kappa shape index (κ2) is 7.30. The van der Waals surface area contributed by atoms with E-state index in [-0.39, 0.29) is 10.6 Å². The minimum Gasteiger partial charge on any atom is -0.380 e. The van der Waals surface area contributed by atoms with Crippen LogP contribution in [0.1, 0.15) is 52.9 Å². The molecule has 0 spiro atoms. The van der Waals surface area contributed by atoms with Gasteiger partial charge >= 0.3 is 0 Å². The van der Waals surface area contributed by atoms with Gasteiger partial charge in [0, 0.05) is 12.6 Å². The summed E-state index contributed by atoms with van der Waals surface area (Å²) in [6.07, 6.45) is 7.20. The standard InChI is InChI=1S/C16H26ClN3O/c1-4-5-6-20-16(21)15(17)14(10-18-20)19-13-8-11(2)7-12(3)9-13/h10-13,19H,4-9H2,1-3H3. The van der Waals surface area contributed by atoms with E-state index in [1.54, 1.807) is 6.20 Å². The molecule has 0 saturated heterocycles. The first-order valence-corrected chi connectivity index (χ1v) is 8.41. The quantitative estimate of drug-likeness (QED) is 0.896. The maximum Gasteiger partial charge on any atom is 0.287 e. The van der Waals surface area contributed by atoms with Crippen molar-refractivity contribution in [2.24, 2.45) is 11.8 Å². The Kier molecular flexibility index (Phi) is 5.68. The third-order valence-electron chi connectivity index (χ3n) is 4.25. The van der Waals surface area contributed by atoms with Gasteiger partial charge < -0.3 is 5.32 Å². The Hall–Kier alpha value is -1.03. The highest BCUT2D eigenvalue weighted by molar-refractivity contribution is 6.32. The minimum absolute atomic E-state index is 0.188. The summed E-state index contributed by atoms with van der Waals surface area (Å²) in [7, 11) is 0. The molecule has 1 aliphatic carbocycles. The molecule has 4 nitrogen and oxygen atoms in total. The molecule has 2 atom stereocenters. The smallest absolute Gasteiger partial charge is 0.287 e. The van der Waals surface area contributed by atoms with Gasteiger partial charge in [0.15, 0.2) is 0 Å². The molecule has 0 bridgehead atoms. The predicted molar refractivity (Wildman–Crippen MR) is 88.0 cm³/mol. The monoisotopic (exact) mass is 311 g/mol. The van der Waals surface area contributed by atoms with Crippen LogP contribution >= 0.6 is 11.6 Å². The maximum atomic E-state index is 12.2. The second-order valence-corrected chi connectivity index (χ2v) is 6.89. The summed E-state index contributed by atoms with van der Waals surface area (Å²) < 4.78 is 1.46. The van der Waals surface area contributed by atoms with E-state index >= 15 is 0 Å². The first-order valence-electron chi connectivity index (χ1n) is 8.03. The summed E-state index contributed by atoms with van der Waals surface area (Å²) in [5, 5.41) is 7.93. The van der Waals surface area contributed by atoms with Gasteiger partial charge in [0.25, 0.3) is 5.56 Å². The van der Waals surface area contributed by atoms with Crippen molar-refractivity contribution in [3.8, 4) is 0 Å². The first-order chi connectivity index (χ1) is 10.0. The highest BCUT2D eigenvalue weighted by Gasteiger charge is 2.24.